The summed E-state index contributed by atoms with van der Waals surface area (Å²) in [7, 11) is 3.66. The lowest BCUT2D eigenvalue weighted by molar-refractivity contribution is 0.0242. The first-order valence-corrected chi connectivity index (χ1v) is 8.54. The minimum absolute atomic E-state index is 0.115. The van der Waals surface area contributed by atoms with Crippen LogP contribution in [0.1, 0.15) is 37.8 Å². The standard InChI is InChI=1S/C16H30N6O2/c1-13-20-21-14(22(13)3)11-18-15(17-8-6-9-23-4)19-12-16(2)7-5-10-24-16/h5-12H2,1-4H3,(H2,17,18,19). The summed E-state index contributed by atoms with van der Waals surface area (Å²) in [6.07, 6.45) is 3.11. The number of nitrogens with zero attached hydrogens (tertiary/aromatic N) is 4. The zero-order chi connectivity index (χ0) is 17.4. The molecule has 1 unspecified atom stereocenters. The number of aryl methyl sites for hydroxylation is 1. The summed E-state index contributed by atoms with van der Waals surface area (Å²) in [5.74, 6) is 2.49. The van der Waals surface area contributed by atoms with Crippen LogP contribution in [-0.4, -0.2) is 59.7 Å². The summed E-state index contributed by atoms with van der Waals surface area (Å²) < 4.78 is 12.9. The van der Waals surface area contributed by atoms with Crippen molar-refractivity contribution in [3.8, 4) is 0 Å². The number of rotatable bonds is 8. The number of hydrogen-bond donors (Lipinski definition) is 2. The molecule has 1 aliphatic rings. The van der Waals surface area contributed by atoms with Gasteiger partial charge in [0.25, 0.3) is 0 Å². The average Bonchev–Trinajstić information content (AvgIpc) is 3.14. The molecule has 8 heteroatoms. The number of aliphatic imine (C=N–C) groups is 1. The lowest BCUT2D eigenvalue weighted by Gasteiger charge is -2.24. The van der Waals surface area contributed by atoms with Crippen LogP contribution in [0.25, 0.3) is 0 Å². The average molecular weight is 338 g/mol. The van der Waals surface area contributed by atoms with E-state index in [1.807, 2.05) is 18.5 Å². The fourth-order valence-corrected chi connectivity index (χ4v) is 2.58. The monoisotopic (exact) mass is 338 g/mol. The largest absolute Gasteiger partial charge is 0.385 e. The first kappa shape index (κ1) is 18.7. The Morgan fingerprint density at radius 3 is 2.88 bits per heavy atom. The molecule has 0 radical (unpaired) electrons. The van der Waals surface area contributed by atoms with Gasteiger partial charge in [0.1, 0.15) is 12.4 Å². The molecule has 0 saturated carbocycles. The Hall–Kier alpha value is -1.67. The second-order valence-electron chi connectivity index (χ2n) is 6.42. The van der Waals surface area contributed by atoms with Gasteiger partial charge in [-0.2, -0.15) is 0 Å². The van der Waals surface area contributed by atoms with E-state index in [1.165, 1.54) is 0 Å². The van der Waals surface area contributed by atoms with Crippen molar-refractivity contribution in [3.05, 3.63) is 11.6 Å². The number of guanidine groups is 1. The molecule has 24 heavy (non-hydrogen) atoms. The first-order chi connectivity index (χ1) is 11.5. The number of hydrogen-bond acceptors (Lipinski definition) is 5. The second kappa shape index (κ2) is 8.98. The van der Waals surface area contributed by atoms with Crippen molar-refractivity contribution in [2.75, 3.05) is 33.4 Å². The van der Waals surface area contributed by atoms with Crippen LogP contribution < -0.4 is 10.6 Å². The van der Waals surface area contributed by atoms with Gasteiger partial charge in [-0.25, -0.2) is 4.99 Å². The second-order valence-corrected chi connectivity index (χ2v) is 6.42. The molecule has 0 aliphatic carbocycles. The predicted molar refractivity (Wildman–Crippen MR) is 93.0 cm³/mol. The van der Waals surface area contributed by atoms with Crippen LogP contribution in [0.2, 0.25) is 0 Å². The van der Waals surface area contributed by atoms with Crippen molar-refractivity contribution in [1.29, 1.82) is 0 Å². The predicted octanol–water partition coefficient (Wildman–Crippen LogP) is 0.764. The maximum atomic E-state index is 5.83. The van der Waals surface area contributed by atoms with Gasteiger partial charge in [0.15, 0.2) is 11.8 Å². The molecule has 2 heterocycles. The molecule has 136 valence electrons. The summed E-state index contributed by atoms with van der Waals surface area (Å²) in [4.78, 5) is 4.63. The van der Waals surface area contributed by atoms with Gasteiger partial charge >= 0.3 is 0 Å². The third kappa shape index (κ3) is 5.45. The lowest BCUT2D eigenvalue weighted by atomic mass is 10.0. The van der Waals surface area contributed by atoms with Gasteiger partial charge in [-0.1, -0.05) is 0 Å². The Balaban J connectivity index is 1.92. The maximum absolute atomic E-state index is 5.83. The molecule has 8 nitrogen and oxygen atoms in total. The minimum atomic E-state index is -0.115. The highest BCUT2D eigenvalue weighted by Gasteiger charge is 2.29. The van der Waals surface area contributed by atoms with Crippen molar-refractivity contribution in [3.63, 3.8) is 0 Å². The summed E-state index contributed by atoms with van der Waals surface area (Å²) in [6.45, 7) is 7.65. The van der Waals surface area contributed by atoms with Gasteiger partial charge in [0.05, 0.1) is 5.60 Å². The van der Waals surface area contributed by atoms with Crippen LogP contribution in [0.5, 0.6) is 0 Å². The molecule has 0 aromatic carbocycles. The number of nitrogens with one attached hydrogen (secondary N) is 2. The minimum Gasteiger partial charge on any atom is -0.385 e. The van der Waals surface area contributed by atoms with E-state index >= 15 is 0 Å². The van der Waals surface area contributed by atoms with Crippen LogP contribution in [0.3, 0.4) is 0 Å². The summed E-state index contributed by atoms with van der Waals surface area (Å²) in [6, 6.07) is 0. The van der Waals surface area contributed by atoms with E-state index in [0.29, 0.717) is 6.54 Å². The molecular weight excluding hydrogens is 308 g/mol. The molecular formula is C16H30N6O2. The van der Waals surface area contributed by atoms with E-state index in [-0.39, 0.29) is 5.60 Å². The molecule has 0 spiro atoms. The van der Waals surface area contributed by atoms with Crippen LogP contribution in [0.4, 0.5) is 0 Å². The Labute approximate surface area is 144 Å². The highest BCUT2D eigenvalue weighted by molar-refractivity contribution is 5.79. The first-order valence-electron chi connectivity index (χ1n) is 8.54. The number of methoxy groups -OCH3 is 1. The summed E-state index contributed by atoms with van der Waals surface area (Å²) in [5, 5.41) is 15.0. The molecule has 1 fully saturated rings. The molecule has 2 rings (SSSR count). The zero-order valence-electron chi connectivity index (χ0n) is 15.3. The quantitative estimate of drug-likeness (QED) is 0.414. The topological polar surface area (TPSA) is 85.6 Å². The molecule has 1 aromatic rings. The van der Waals surface area contributed by atoms with Crippen LogP contribution in [-0.2, 0) is 23.1 Å². The SMILES string of the molecule is COCCCNC(=NCc1nnc(C)n1C)NCC1(C)CCCO1. The molecule has 2 N–H and O–H groups in total. The molecule has 1 atom stereocenters. The van der Waals surface area contributed by atoms with Crippen molar-refractivity contribution in [1.82, 2.24) is 25.4 Å². The van der Waals surface area contributed by atoms with Crippen LogP contribution in [0.15, 0.2) is 4.99 Å². The highest BCUT2D eigenvalue weighted by Crippen LogP contribution is 2.23. The van der Waals surface area contributed by atoms with Gasteiger partial charge in [-0.05, 0) is 33.1 Å². The molecule has 1 aliphatic heterocycles. The van der Waals surface area contributed by atoms with Crippen molar-refractivity contribution in [2.45, 2.75) is 45.3 Å². The Morgan fingerprint density at radius 1 is 1.42 bits per heavy atom. The Bertz CT molecular complexity index is 537. The van der Waals surface area contributed by atoms with Crippen molar-refractivity contribution in [2.24, 2.45) is 12.0 Å². The van der Waals surface area contributed by atoms with Crippen LogP contribution >= 0.6 is 0 Å². The van der Waals surface area contributed by atoms with Crippen molar-refractivity contribution < 1.29 is 9.47 Å². The molecule has 0 amide bonds. The van der Waals surface area contributed by atoms with Crippen molar-refractivity contribution >= 4 is 5.96 Å². The number of ether oxygens (including phenoxy) is 2. The van der Waals surface area contributed by atoms with Gasteiger partial charge in [-0.15, -0.1) is 10.2 Å². The zero-order valence-corrected chi connectivity index (χ0v) is 15.3. The Morgan fingerprint density at radius 2 is 2.25 bits per heavy atom. The maximum Gasteiger partial charge on any atom is 0.191 e. The highest BCUT2D eigenvalue weighted by atomic mass is 16.5. The van der Waals surface area contributed by atoms with Gasteiger partial charge in [-0.3, -0.25) is 0 Å². The van der Waals surface area contributed by atoms with Gasteiger partial charge < -0.3 is 24.7 Å². The smallest absolute Gasteiger partial charge is 0.191 e. The normalized spacial score (nSPS) is 21.2. The van der Waals surface area contributed by atoms with E-state index in [2.05, 4.69) is 32.7 Å². The summed E-state index contributed by atoms with van der Waals surface area (Å²) in [5.41, 5.74) is -0.115. The summed E-state index contributed by atoms with van der Waals surface area (Å²) >= 11 is 0. The van der Waals surface area contributed by atoms with Crippen LogP contribution in [0, 0.1) is 6.92 Å². The third-order valence-electron chi connectivity index (χ3n) is 4.31. The molecule has 0 bridgehead atoms. The van der Waals surface area contributed by atoms with Gasteiger partial charge in [0.2, 0.25) is 0 Å². The van der Waals surface area contributed by atoms with E-state index in [4.69, 9.17) is 9.47 Å². The van der Waals surface area contributed by atoms with E-state index < -0.39 is 0 Å². The Kier molecular flexibility index (Phi) is 6.99. The fourth-order valence-electron chi connectivity index (χ4n) is 2.58. The fraction of sp³-hybridized carbons (Fsp3) is 0.812. The lowest BCUT2D eigenvalue weighted by Crippen LogP contribution is -2.46. The third-order valence-corrected chi connectivity index (χ3v) is 4.31. The van der Waals surface area contributed by atoms with Gasteiger partial charge in [0, 0.05) is 40.5 Å². The molecule has 1 aromatic heterocycles. The van der Waals surface area contributed by atoms with E-state index in [0.717, 1.165) is 63.2 Å². The van der Waals surface area contributed by atoms with E-state index in [9.17, 15) is 0 Å². The number of aromatic nitrogens is 3. The molecule has 1 saturated heterocycles. The van der Waals surface area contributed by atoms with E-state index in [1.54, 1.807) is 7.11 Å².